The average molecular weight is 372 g/mol. The Morgan fingerprint density at radius 2 is 1.62 bits per heavy atom. The summed E-state index contributed by atoms with van der Waals surface area (Å²) in [7, 11) is -4.03. The lowest BCUT2D eigenvalue weighted by atomic mass is 10.2. The Bertz CT molecular complexity index is 927. The molecule has 0 heterocycles. The molecular formula is C13H10ClN3O6S. The van der Waals surface area contributed by atoms with Gasteiger partial charge >= 0.3 is 0 Å². The molecule has 24 heavy (non-hydrogen) atoms. The number of halogens is 1. The van der Waals surface area contributed by atoms with Crippen LogP contribution in [0.15, 0.2) is 41.3 Å². The van der Waals surface area contributed by atoms with Crippen LogP contribution in [0.4, 0.5) is 17.1 Å². The number of nitro groups is 2. The number of anilines is 1. The van der Waals surface area contributed by atoms with Gasteiger partial charge in [0.05, 0.1) is 20.4 Å². The molecule has 2 aromatic rings. The Kier molecular flexibility index (Phi) is 4.71. The number of aryl methyl sites for hydroxylation is 1. The Balaban J connectivity index is 2.37. The van der Waals surface area contributed by atoms with Gasteiger partial charge in [-0.1, -0.05) is 11.6 Å². The van der Waals surface area contributed by atoms with Crippen molar-refractivity contribution in [2.75, 3.05) is 4.72 Å². The zero-order valence-corrected chi connectivity index (χ0v) is 13.7. The second-order valence-electron chi connectivity index (χ2n) is 4.73. The van der Waals surface area contributed by atoms with Gasteiger partial charge in [-0.3, -0.25) is 25.0 Å². The lowest BCUT2D eigenvalue weighted by molar-refractivity contribution is -0.385. The van der Waals surface area contributed by atoms with Gasteiger partial charge in [-0.2, -0.15) is 0 Å². The summed E-state index contributed by atoms with van der Waals surface area (Å²) < 4.78 is 26.9. The Morgan fingerprint density at radius 3 is 2.12 bits per heavy atom. The molecule has 2 rings (SSSR count). The smallest absolute Gasteiger partial charge is 0.279 e. The molecule has 2 aromatic carbocycles. The highest BCUT2D eigenvalue weighted by Crippen LogP contribution is 2.31. The SMILES string of the molecule is Cc1cc([N+](=O)[O-])c(Cl)cc1NS(=O)(=O)c1ccc([N+](=O)[O-])cc1. The predicted molar refractivity (Wildman–Crippen MR) is 86.7 cm³/mol. The Morgan fingerprint density at radius 1 is 1.04 bits per heavy atom. The van der Waals surface area contributed by atoms with Crippen LogP contribution < -0.4 is 4.72 Å². The molecule has 0 atom stereocenters. The van der Waals surface area contributed by atoms with E-state index in [2.05, 4.69) is 4.72 Å². The van der Waals surface area contributed by atoms with Gasteiger partial charge in [-0.05, 0) is 30.7 Å². The topological polar surface area (TPSA) is 132 Å². The number of hydrogen-bond donors (Lipinski definition) is 1. The number of nitrogens with one attached hydrogen (secondary N) is 1. The number of benzene rings is 2. The van der Waals surface area contributed by atoms with Gasteiger partial charge in [0.2, 0.25) is 0 Å². The maximum absolute atomic E-state index is 12.3. The molecule has 0 spiro atoms. The zero-order valence-electron chi connectivity index (χ0n) is 12.1. The van der Waals surface area contributed by atoms with Crippen molar-refractivity contribution < 1.29 is 18.3 Å². The van der Waals surface area contributed by atoms with Crippen LogP contribution in [0.25, 0.3) is 0 Å². The molecule has 0 amide bonds. The van der Waals surface area contributed by atoms with E-state index in [9.17, 15) is 28.6 Å². The molecule has 0 aliphatic rings. The summed E-state index contributed by atoms with van der Waals surface area (Å²) in [4.78, 5) is 19.9. The summed E-state index contributed by atoms with van der Waals surface area (Å²) in [5.41, 5.74) is -0.212. The van der Waals surface area contributed by atoms with Crippen molar-refractivity contribution in [1.82, 2.24) is 0 Å². The van der Waals surface area contributed by atoms with Crippen LogP contribution in [-0.2, 0) is 10.0 Å². The quantitative estimate of drug-likeness (QED) is 0.633. The van der Waals surface area contributed by atoms with Gasteiger partial charge < -0.3 is 0 Å². The predicted octanol–water partition coefficient (Wildman–Crippen LogP) is 3.27. The van der Waals surface area contributed by atoms with Gasteiger partial charge in [-0.25, -0.2) is 8.42 Å². The molecule has 11 heteroatoms. The van der Waals surface area contributed by atoms with Crippen molar-refractivity contribution in [2.45, 2.75) is 11.8 Å². The van der Waals surface area contributed by atoms with Crippen molar-refractivity contribution in [3.63, 3.8) is 0 Å². The summed E-state index contributed by atoms with van der Waals surface area (Å²) >= 11 is 5.78. The molecule has 126 valence electrons. The normalized spacial score (nSPS) is 11.1. The van der Waals surface area contributed by atoms with Crippen molar-refractivity contribution in [3.05, 3.63) is 67.2 Å². The zero-order chi connectivity index (χ0) is 18.1. The van der Waals surface area contributed by atoms with Crippen molar-refractivity contribution in [2.24, 2.45) is 0 Å². The molecule has 9 nitrogen and oxygen atoms in total. The summed E-state index contributed by atoms with van der Waals surface area (Å²) in [6.07, 6.45) is 0. The fourth-order valence-electron chi connectivity index (χ4n) is 1.87. The summed E-state index contributed by atoms with van der Waals surface area (Å²) in [6.45, 7) is 1.48. The standard InChI is InChI=1S/C13H10ClN3O6S/c1-8-6-13(17(20)21)11(14)7-12(8)15-24(22,23)10-4-2-9(3-5-10)16(18)19/h2-7,15H,1H3. The molecule has 0 aliphatic carbocycles. The van der Waals surface area contributed by atoms with Crippen LogP contribution in [0.1, 0.15) is 5.56 Å². The highest BCUT2D eigenvalue weighted by Gasteiger charge is 2.20. The van der Waals surface area contributed by atoms with Gasteiger partial charge in [0.1, 0.15) is 5.02 Å². The number of rotatable bonds is 5. The highest BCUT2D eigenvalue weighted by molar-refractivity contribution is 7.92. The first kappa shape index (κ1) is 17.6. The molecule has 1 N–H and O–H groups in total. The lowest BCUT2D eigenvalue weighted by Crippen LogP contribution is -2.14. The maximum Gasteiger partial charge on any atom is 0.288 e. The number of nitro benzene ring substituents is 2. The minimum absolute atomic E-state index is 0.0731. The van der Waals surface area contributed by atoms with Crippen LogP contribution in [0.2, 0.25) is 5.02 Å². The van der Waals surface area contributed by atoms with E-state index in [0.29, 0.717) is 5.56 Å². The number of non-ortho nitro benzene ring substituents is 1. The van der Waals surface area contributed by atoms with E-state index >= 15 is 0 Å². The first-order valence-corrected chi connectivity index (χ1v) is 8.20. The first-order valence-electron chi connectivity index (χ1n) is 6.33. The molecule has 0 aromatic heterocycles. The third-order valence-electron chi connectivity index (χ3n) is 3.09. The fourth-order valence-corrected chi connectivity index (χ4v) is 3.22. The average Bonchev–Trinajstić information content (AvgIpc) is 2.50. The minimum Gasteiger partial charge on any atom is -0.279 e. The van der Waals surface area contributed by atoms with Crippen molar-refractivity contribution in [1.29, 1.82) is 0 Å². The van der Waals surface area contributed by atoms with Gasteiger partial charge in [0.25, 0.3) is 21.4 Å². The molecule has 0 radical (unpaired) electrons. The van der Waals surface area contributed by atoms with E-state index in [1.165, 1.54) is 6.92 Å². The molecule has 0 aliphatic heterocycles. The van der Waals surface area contributed by atoms with Gasteiger partial charge in [-0.15, -0.1) is 0 Å². The lowest BCUT2D eigenvalue weighted by Gasteiger charge is -2.11. The maximum atomic E-state index is 12.3. The molecule has 0 unspecified atom stereocenters. The van der Waals surface area contributed by atoms with Crippen LogP contribution >= 0.6 is 11.6 Å². The molecule has 0 saturated carbocycles. The second kappa shape index (κ2) is 6.42. The van der Waals surface area contributed by atoms with Gasteiger partial charge in [0, 0.05) is 18.2 Å². The van der Waals surface area contributed by atoms with Crippen LogP contribution in [0, 0.1) is 27.2 Å². The monoisotopic (exact) mass is 371 g/mol. The Hall–Kier alpha value is -2.72. The largest absolute Gasteiger partial charge is 0.288 e. The van der Waals surface area contributed by atoms with Gasteiger partial charge in [0.15, 0.2) is 0 Å². The highest BCUT2D eigenvalue weighted by atomic mass is 35.5. The fraction of sp³-hybridized carbons (Fsp3) is 0.0769. The third-order valence-corrected chi connectivity index (χ3v) is 4.78. The summed E-state index contributed by atoms with van der Waals surface area (Å²) in [6, 6.07) is 6.58. The van der Waals surface area contributed by atoms with Crippen LogP contribution in [0.3, 0.4) is 0 Å². The number of hydrogen-bond acceptors (Lipinski definition) is 6. The Labute approximate surface area is 141 Å². The van der Waals surface area contributed by atoms with E-state index < -0.39 is 19.9 Å². The number of sulfonamides is 1. The van der Waals surface area contributed by atoms with E-state index in [-0.39, 0.29) is 27.0 Å². The van der Waals surface area contributed by atoms with E-state index in [1.54, 1.807) is 0 Å². The summed E-state index contributed by atoms with van der Waals surface area (Å²) in [5, 5.41) is 21.2. The van der Waals surface area contributed by atoms with Crippen LogP contribution in [0.5, 0.6) is 0 Å². The molecule has 0 bridgehead atoms. The van der Waals surface area contributed by atoms with E-state index in [0.717, 1.165) is 36.4 Å². The van der Waals surface area contributed by atoms with Crippen molar-refractivity contribution in [3.8, 4) is 0 Å². The summed E-state index contributed by atoms with van der Waals surface area (Å²) in [5.74, 6) is 0. The van der Waals surface area contributed by atoms with Crippen LogP contribution in [-0.4, -0.2) is 18.3 Å². The van der Waals surface area contributed by atoms with Crippen molar-refractivity contribution >= 4 is 38.7 Å². The molecule has 0 saturated heterocycles. The first-order chi connectivity index (χ1) is 11.1. The van der Waals surface area contributed by atoms with E-state index in [1.807, 2.05) is 0 Å². The van der Waals surface area contributed by atoms with E-state index in [4.69, 9.17) is 11.6 Å². The second-order valence-corrected chi connectivity index (χ2v) is 6.82. The third kappa shape index (κ3) is 3.60. The molecule has 0 fully saturated rings. The molecular weight excluding hydrogens is 362 g/mol. The minimum atomic E-state index is -4.03. The number of nitrogens with zero attached hydrogens (tertiary/aromatic N) is 2.